The van der Waals surface area contributed by atoms with Gasteiger partial charge in [-0.1, -0.05) is 34.1 Å². The molecule has 0 spiro atoms. The molecular formula is C17H19BrN2. The smallest absolute Gasteiger partial charge is 0.0571 e. The Morgan fingerprint density at radius 3 is 2.75 bits per heavy atom. The average molecular weight is 331 g/mol. The number of hydrogen-bond acceptors (Lipinski definition) is 2. The van der Waals surface area contributed by atoms with E-state index in [-0.39, 0.29) is 5.54 Å². The standard InChI is InChI=1S/C17H19BrN2/c1-13-5-3-10-19-16(13)12-20-17(8-4-9-17)14-6-2-7-15(18)11-14/h2-3,5-7,10-11,20H,4,8-9,12H2,1H3. The molecule has 1 aliphatic carbocycles. The highest BCUT2D eigenvalue weighted by Crippen LogP contribution is 2.42. The molecule has 104 valence electrons. The number of aromatic nitrogens is 1. The van der Waals surface area contributed by atoms with Crippen LogP contribution in [0.2, 0.25) is 0 Å². The quantitative estimate of drug-likeness (QED) is 0.902. The number of nitrogens with one attached hydrogen (secondary N) is 1. The van der Waals surface area contributed by atoms with Gasteiger partial charge in [0, 0.05) is 22.8 Å². The van der Waals surface area contributed by atoms with Gasteiger partial charge in [-0.15, -0.1) is 0 Å². The van der Waals surface area contributed by atoms with Gasteiger partial charge in [0.2, 0.25) is 0 Å². The summed E-state index contributed by atoms with van der Waals surface area (Å²) in [6.07, 6.45) is 5.57. The Hall–Kier alpha value is -1.19. The molecule has 0 saturated heterocycles. The first kappa shape index (κ1) is 13.8. The topological polar surface area (TPSA) is 24.9 Å². The summed E-state index contributed by atoms with van der Waals surface area (Å²) in [5.74, 6) is 0. The summed E-state index contributed by atoms with van der Waals surface area (Å²) in [7, 11) is 0. The van der Waals surface area contributed by atoms with Crippen molar-refractivity contribution in [3.63, 3.8) is 0 Å². The van der Waals surface area contributed by atoms with E-state index in [4.69, 9.17) is 0 Å². The zero-order valence-electron chi connectivity index (χ0n) is 11.7. The molecule has 0 bridgehead atoms. The molecule has 1 fully saturated rings. The number of benzene rings is 1. The van der Waals surface area contributed by atoms with Crippen LogP contribution in [0, 0.1) is 6.92 Å². The Morgan fingerprint density at radius 1 is 1.25 bits per heavy atom. The fraction of sp³-hybridized carbons (Fsp3) is 0.353. The van der Waals surface area contributed by atoms with Gasteiger partial charge in [0.1, 0.15) is 0 Å². The molecule has 2 aromatic rings. The second-order valence-electron chi connectivity index (χ2n) is 5.57. The molecule has 1 heterocycles. The van der Waals surface area contributed by atoms with Gasteiger partial charge in [0.25, 0.3) is 0 Å². The lowest BCUT2D eigenvalue weighted by Gasteiger charge is -2.43. The van der Waals surface area contributed by atoms with Gasteiger partial charge in [-0.3, -0.25) is 4.98 Å². The van der Waals surface area contributed by atoms with Crippen molar-refractivity contribution < 1.29 is 0 Å². The van der Waals surface area contributed by atoms with Crippen molar-refractivity contribution in [2.75, 3.05) is 0 Å². The molecule has 1 aliphatic rings. The third-order valence-corrected chi connectivity index (χ3v) is 4.79. The minimum absolute atomic E-state index is 0.133. The first-order chi connectivity index (χ1) is 9.70. The summed E-state index contributed by atoms with van der Waals surface area (Å²) in [6.45, 7) is 2.95. The van der Waals surface area contributed by atoms with Gasteiger partial charge in [-0.05, 0) is 55.5 Å². The van der Waals surface area contributed by atoms with Gasteiger partial charge in [0.05, 0.1) is 5.69 Å². The van der Waals surface area contributed by atoms with Crippen LogP contribution >= 0.6 is 15.9 Å². The predicted octanol–water partition coefficient (Wildman–Crippen LogP) is 4.32. The third kappa shape index (κ3) is 2.65. The zero-order valence-corrected chi connectivity index (χ0v) is 13.3. The van der Waals surface area contributed by atoms with E-state index >= 15 is 0 Å². The fourth-order valence-electron chi connectivity index (χ4n) is 2.84. The molecule has 2 nitrogen and oxygen atoms in total. The van der Waals surface area contributed by atoms with Crippen LogP contribution in [0.4, 0.5) is 0 Å². The summed E-state index contributed by atoms with van der Waals surface area (Å²) in [5, 5.41) is 3.75. The summed E-state index contributed by atoms with van der Waals surface area (Å²) in [4.78, 5) is 4.48. The summed E-state index contributed by atoms with van der Waals surface area (Å²) < 4.78 is 1.15. The lowest BCUT2D eigenvalue weighted by molar-refractivity contribution is 0.182. The molecule has 0 amide bonds. The molecule has 20 heavy (non-hydrogen) atoms. The molecule has 0 atom stereocenters. The lowest BCUT2D eigenvalue weighted by Crippen LogP contribution is -2.47. The number of aryl methyl sites for hydroxylation is 1. The van der Waals surface area contributed by atoms with Gasteiger partial charge < -0.3 is 5.32 Å². The van der Waals surface area contributed by atoms with E-state index in [0.717, 1.165) is 16.7 Å². The molecule has 3 heteroatoms. The molecule has 1 N–H and O–H groups in total. The lowest BCUT2D eigenvalue weighted by atomic mass is 9.72. The Balaban J connectivity index is 1.79. The van der Waals surface area contributed by atoms with Crippen LogP contribution in [0.5, 0.6) is 0 Å². The highest BCUT2D eigenvalue weighted by molar-refractivity contribution is 9.10. The van der Waals surface area contributed by atoms with Gasteiger partial charge in [-0.2, -0.15) is 0 Å². The monoisotopic (exact) mass is 330 g/mol. The maximum atomic E-state index is 4.48. The largest absolute Gasteiger partial charge is 0.302 e. The first-order valence-electron chi connectivity index (χ1n) is 7.11. The first-order valence-corrected chi connectivity index (χ1v) is 7.90. The molecule has 3 rings (SSSR count). The average Bonchev–Trinajstić information content (AvgIpc) is 2.39. The van der Waals surface area contributed by atoms with E-state index in [1.54, 1.807) is 0 Å². The second-order valence-corrected chi connectivity index (χ2v) is 6.48. The Kier molecular flexibility index (Phi) is 3.90. The van der Waals surface area contributed by atoms with Crippen molar-refractivity contribution >= 4 is 15.9 Å². The van der Waals surface area contributed by atoms with Crippen molar-refractivity contribution in [1.29, 1.82) is 0 Å². The Bertz CT molecular complexity index is 605. The minimum Gasteiger partial charge on any atom is -0.302 e. The van der Waals surface area contributed by atoms with Crippen LogP contribution in [-0.2, 0) is 12.1 Å². The van der Waals surface area contributed by atoms with Gasteiger partial charge in [-0.25, -0.2) is 0 Å². The van der Waals surface area contributed by atoms with Crippen molar-refractivity contribution in [3.05, 3.63) is 63.9 Å². The normalized spacial score (nSPS) is 16.7. The van der Waals surface area contributed by atoms with Crippen LogP contribution in [0.1, 0.15) is 36.1 Å². The Labute approximate surface area is 128 Å². The number of pyridine rings is 1. The van der Waals surface area contributed by atoms with Crippen LogP contribution < -0.4 is 5.32 Å². The maximum Gasteiger partial charge on any atom is 0.0571 e. The van der Waals surface area contributed by atoms with E-state index in [0.29, 0.717) is 0 Å². The highest BCUT2D eigenvalue weighted by Gasteiger charge is 2.38. The van der Waals surface area contributed by atoms with E-state index in [2.05, 4.69) is 63.5 Å². The molecule has 0 aliphatic heterocycles. The maximum absolute atomic E-state index is 4.48. The molecule has 0 unspecified atom stereocenters. The minimum atomic E-state index is 0.133. The van der Waals surface area contributed by atoms with E-state index in [9.17, 15) is 0 Å². The molecular weight excluding hydrogens is 312 g/mol. The molecule has 0 radical (unpaired) electrons. The van der Waals surface area contributed by atoms with E-state index in [1.165, 1.54) is 30.4 Å². The Morgan fingerprint density at radius 2 is 2.10 bits per heavy atom. The van der Waals surface area contributed by atoms with Crippen LogP contribution in [0.3, 0.4) is 0 Å². The zero-order chi connectivity index (χ0) is 14.0. The third-order valence-electron chi connectivity index (χ3n) is 4.30. The van der Waals surface area contributed by atoms with Gasteiger partial charge >= 0.3 is 0 Å². The van der Waals surface area contributed by atoms with E-state index < -0.39 is 0 Å². The SMILES string of the molecule is Cc1cccnc1CNC1(c2cccc(Br)c2)CCC1. The van der Waals surface area contributed by atoms with Crippen molar-refractivity contribution in [2.24, 2.45) is 0 Å². The molecule has 1 aromatic carbocycles. The highest BCUT2D eigenvalue weighted by atomic mass is 79.9. The van der Waals surface area contributed by atoms with Crippen molar-refractivity contribution in [3.8, 4) is 0 Å². The summed E-state index contributed by atoms with van der Waals surface area (Å²) in [6, 6.07) is 12.8. The number of halogens is 1. The van der Waals surface area contributed by atoms with Crippen LogP contribution in [-0.4, -0.2) is 4.98 Å². The van der Waals surface area contributed by atoms with Gasteiger partial charge in [0.15, 0.2) is 0 Å². The fourth-order valence-corrected chi connectivity index (χ4v) is 3.24. The molecule has 1 saturated carbocycles. The molecule has 1 aromatic heterocycles. The summed E-state index contributed by atoms with van der Waals surface area (Å²) >= 11 is 3.58. The van der Waals surface area contributed by atoms with E-state index in [1.807, 2.05) is 12.3 Å². The van der Waals surface area contributed by atoms with Crippen LogP contribution in [0.25, 0.3) is 0 Å². The number of hydrogen-bond donors (Lipinski definition) is 1. The number of nitrogens with zero attached hydrogens (tertiary/aromatic N) is 1. The van der Waals surface area contributed by atoms with Crippen LogP contribution in [0.15, 0.2) is 47.1 Å². The van der Waals surface area contributed by atoms with Crippen molar-refractivity contribution in [2.45, 2.75) is 38.3 Å². The van der Waals surface area contributed by atoms with Crippen molar-refractivity contribution in [1.82, 2.24) is 10.3 Å². The number of rotatable bonds is 4. The predicted molar refractivity (Wildman–Crippen MR) is 85.5 cm³/mol. The second kappa shape index (κ2) is 5.66. The summed E-state index contributed by atoms with van der Waals surface area (Å²) in [5.41, 5.74) is 3.91.